The quantitative estimate of drug-likeness (QED) is 0.688. The first-order chi connectivity index (χ1) is 5.43. The van der Waals surface area contributed by atoms with Crippen molar-refractivity contribution in [3.8, 4) is 0 Å². The minimum absolute atomic E-state index is 0.226. The van der Waals surface area contributed by atoms with Gasteiger partial charge in [-0.1, -0.05) is 36.7 Å². The largest absolute Gasteiger partial charge is 0.342 e. The smallest absolute Gasteiger partial charge is 0.227 e. The first-order valence-electron chi connectivity index (χ1n) is 4.28. The Balaban J connectivity index is 4.22. The zero-order chi connectivity index (χ0) is 9.78. The van der Waals surface area contributed by atoms with E-state index in [0.29, 0.717) is 0 Å². The molecule has 72 valence electrons. The summed E-state index contributed by atoms with van der Waals surface area (Å²) in [6.07, 6.45) is 0. The van der Waals surface area contributed by atoms with Crippen LogP contribution in [0.1, 0.15) is 27.7 Å². The van der Waals surface area contributed by atoms with Crippen LogP contribution in [0.4, 0.5) is 0 Å². The van der Waals surface area contributed by atoms with Crippen LogP contribution in [0, 0.1) is 5.41 Å². The van der Waals surface area contributed by atoms with Crippen LogP contribution in [0.5, 0.6) is 0 Å². The summed E-state index contributed by atoms with van der Waals surface area (Å²) in [6.45, 7) is 9.45. The molecule has 0 bridgehead atoms. The average molecular weight is 236 g/mol. The summed E-state index contributed by atoms with van der Waals surface area (Å²) < 4.78 is 0. The highest BCUT2D eigenvalue weighted by Crippen LogP contribution is 2.17. The van der Waals surface area contributed by atoms with Gasteiger partial charge in [-0.2, -0.15) is 0 Å². The molecule has 0 rings (SSSR count). The Morgan fingerprint density at radius 1 is 1.42 bits per heavy atom. The van der Waals surface area contributed by atoms with Crippen molar-refractivity contribution in [2.75, 3.05) is 18.4 Å². The Labute approximate surface area is 83.4 Å². The Morgan fingerprint density at radius 3 is 2.17 bits per heavy atom. The predicted molar refractivity (Wildman–Crippen MR) is 55.5 cm³/mol. The molecule has 1 amide bonds. The lowest BCUT2D eigenvalue weighted by Crippen LogP contribution is -2.40. The van der Waals surface area contributed by atoms with E-state index in [9.17, 15) is 4.79 Å². The zero-order valence-electron chi connectivity index (χ0n) is 8.35. The molecule has 0 unspecified atom stereocenters. The van der Waals surface area contributed by atoms with E-state index in [0.717, 1.165) is 18.4 Å². The third-order valence-corrected chi connectivity index (χ3v) is 2.02. The molecular weight excluding hydrogens is 218 g/mol. The van der Waals surface area contributed by atoms with Crippen LogP contribution in [-0.4, -0.2) is 29.2 Å². The highest BCUT2D eigenvalue weighted by molar-refractivity contribution is 9.09. The van der Waals surface area contributed by atoms with Crippen molar-refractivity contribution in [1.29, 1.82) is 0 Å². The summed E-state index contributed by atoms with van der Waals surface area (Å²) in [5.41, 5.74) is -0.252. The van der Waals surface area contributed by atoms with Gasteiger partial charge in [-0.15, -0.1) is 0 Å². The topological polar surface area (TPSA) is 20.3 Å². The summed E-state index contributed by atoms with van der Waals surface area (Å²) in [5, 5.41) is 0.850. The molecule has 0 fully saturated rings. The van der Waals surface area contributed by atoms with Gasteiger partial charge in [-0.25, -0.2) is 0 Å². The van der Waals surface area contributed by atoms with Gasteiger partial charge in [-0.3, -0.25) is 4.79 Å². The van der Waals surface area contributed by atoms with Gasteiger partial charge in [-0.05, 0) is 6.92 Å². The van der Waals surface area contributed by atoms with Crippen molar-refractivity contribution in [3.05, 3.63) is 0 Å². The fourth-order valence-corrected chi connectivity index (χ4v) is 1.41. The number of nitrogens with zero attached hydrogens (tertiary/aromatic N) is 1. The molecule has 0 N–H and O–H groups in total. The molecule has 0 spiro atoms. The van der Waals surface area contributed by atoms with E-state index < -0.39 is 0 Å². The fraction of sp³-hybridized carbons (Fsp3) is 0.889. The third-order valence-electron chi connectivity index (χ3n) is 1.66. The van der Waals surface area contributed by atoms with Crippen LogP contribution < -0.4 is 0 Å². The van der Waals surface area contributed by atoms with Crippen LogP contribution in [-0.2, 0) is 4.79 Å². The maximum atomic E-state index is 11.7. The summed E-state index contributed by atoms with van der Waals surface area (Å²) in [6, 6.07) is 0. The van der Waals surface area contributed by atoms with E-state index in [2.05, 4.69) is 15.9 Å². The summed E-state index contributed by atoms with van der Waals surface area (Å²) in [5.74, 6) is 0.226. The fourth-order valence-electron chi connectivity index (χ4n) is 0.980. The highest BCUT2D eigenvalue weighted by Gasteiger charge is 2.25. The summed E-state index contributed by atoms with van der Waals surface area (Å²) in [7, 11) is 0. The van der Waals surface area contributed by atoms with Gasteiger partial charge in [0.1, 0.15) is 0 Å². The molecule has 0 aliphatic rings. The van der Waals surface area contributed by atoms with E-state index in [-0.39, 0.29) is 11.3 Å². The molecule has 0 heterocycles. The van der Waals surface area contributed by atoms with Crippen molar-refractivity contribution in [1.82, 2.24) is 4.90 Å². The number of carbonyl (C=O) groups is 1. The van der Waals surface area contributed by atoms with Crippen LogP contribution in [0.2, 0.25) is 0 Å². The van der Waals surface area contributed by atoms with Gasteiger partial charge >= 0.3 is 0 Å². The monoisotopic (exact) mass is 235 g/mol. The van der Waals surface area contributed by atoms with E-state index >= 15 is 0 Å². The van der Waals surface area contributed by atoms with Gasteiger partial charge in [0, 0.05) is 23.8 Å². The number of hydrogen-bond acceptors (Lipinski definition) is 1. The third kappa shape index (κ3) is 3.57. The first-order valence-corrected chi connectivity index (χ1v) is 5.41. The molecule has 0 aromatic heterocycles. The molecule has 12 heavy (non-hydrogen) atoms. The van der Waals surface area contributed by atoms with Gasteiger partial charge in [0.2, 0.25) is 5.91 Å². The van der Waals surface area contributed by atoms with Gasteiger partial charge in [0.25, 0.3) is 0 Å². The lowest BCUT2D eigenvalue weighted by atomic mass is 9.95. The van der Waals surface area contributed by atoms with Crippen molar-refractivity contribution < 1.29 is 4.79 Å². The molecule has 0 aromatic carbocycles. The number of halogens is 1. The Morgan fingerprint density at radius 2 is 1.92 bits per heavy atom. The van der Waals surface area contributed by atoms with Crippen LogP contribution in [0.3, 0.4) is 0 Å². The van der Waals surface area contributed by atoms with Crippen molar-refractivity contribution in [2.45, 2.75) is 27.7 Å². The van der Waals surface area contributed by atoms with Crippen molar-refractivity contribution in [3.63, 3.8) is 0 Å². The van der Waals surface area contributed by atoms with Gasteiger partial charge in [0.15, 0.2) is 0 Å². The van der Waals surface area contributed by atoms with Crippen LogP contribution in [0.15, 0.2) is 0 Å². The van der Waals surface area contributed by atoms with E-state index in [1.165, 1.54) is 0 Å². The second-order valence-electron chi connectivity index (χ2n) is 3.82. The summed E-state index contributed by atoms with van der Waals surface area (Å²) >= 11 is 3.33. The molecule has 0 saturated carbocycles. The lowest BCUT2D eigenvalue weighted by Gasteiger charge is -2.27. The minimum Gasteiger partial charge on any atom is -0.342 e. The standard InChI is InChI=1S/C9H18BrNO/c1-5-11(7-6-10)8(12)9(2,3)4/h5-7H2,1-4H3. The maximum absolute atomic E-state index is 11.7. The number of hydrogen-bond donors (Lipinski definition) is 0. The van der Waals surface area contributed by atoms with E-state index in [1.807, 2.05) is 32.6 Å². The summed E-state index contributed by atoms with van der Waals surface area (Å²) in [4.78, 5) is 13.6. The molecule has 0 radical (unpaired) electrons. The van der Waals surface area contributed by atoms with Crippen molar-refractivity contribution in [2.24, 2.45) is 5.41 Å². The van der Waals surface area contributed by atoms with Crippen molar-refractivity contribution >= 4 is 21.8 Å². The molecule has 2 nitrogen and oxygen atoms in total. The molecule has 0 aromatic rings. The number of rotatable bonds is 3. The van der Waals surface area contributed by atoms with E-state index in [4.69, 9.17) is 0 Å². The van der Waals surface area contributed by atoms with Crippen LogP contribution >= 0.6 is 15.9 Å². The second kappa shape index (κ2) is 4.85. The minimum atomic E-state index is -0.252. The zero-order valence-corrected chi connectivity index (χ0v) is 9.94. The number of amides is 1. The number of alkyl halides is 1. The first kappa shape index (κ1) is 11.9. The predicted octanol–water partition coefficient (Wildman–Crippen LogP) is 2.28. The lowest BCUT2D eigenvalue weighted by molar-refractivity contribution is -0.138. The maximum Gasteiger partial charge on any atom is 0.227 e. The highest BCUT2D eigenvalue weighted by atomic mass is 79.9. The molecule has 0 atom stereocenters. The molecular formula is C9H18BrNO. The average Bonchev–Trinajstić information content (AvgIpc) is 1.97. The normalized spacial score (nSPS) is 11.4. The van der Waals surface area contributed by atoms with Gasteiger partial charge in [0.05, 0.1) is 0 Å². The van der Waals surface area contributed by atoms with Crippen LogP contribution in [0.25, 0.3) is 0 Å². The SMILES string of the molecule is CCN(CCBr)C(=O)C(C)(C)C. The molecule has 0 aliphatic heterocycles. The van der Waals surface area contributed by atoms with E-state index in [1.54, 1.807) is 0 Å². The molecule has 3 heteroatoms. The Kier molecular flexibility index (Phi) is 4.83. The Bertz CT molecular complexity index is 151. The van der Waals surface area contributed by atoms with Gasteiger partial charge < -0.3 is 4.90 Å². The molecule has 0 aliphatic carbocycles. The number of carbonyl (C=O) groups excluding carboxylic acids is 1. The second-order valence-corrected chi connectivity index (χ2v) is 4.62. The molecule has 0 saturated heterocycles. The Hall–Kier alpha value is -0.0500.